The Morgan fingerprint density at radius 1 is 0.654 bits per heavy atom. The molecule has 0 N–H and O–H groups in total. The van der Waals surface area contributed by atoms with E-state index >= 15 is 0 Å². The predicted octanol–water partition coefficient (Wildman–Crippen LogP) is 6.13. The standard InChI is InChI=1S/C25H24O/c1-19-14-16-22(17-15-19)25(21-12-8-5-9-13-21)18-23(24(2,3)26-25)20-10-6-4-7-11-20/h4-18H,1-3H3. The van der Waals surface area contributed by atoms with Crippen molar-refractivity contribution in [2.75, 3.05) is 0 Å². The number of hydrogen-bond acceptors (Lipinski definition) is 1. The van der Waals surface area contributed by atoms with Crippen LogP contribution in [0.1, 0.15) is 36.1 Å². The van der Waals surface area contributed by atoms with E-state index in [1.165, 1.54) is 16.7 Å². The van der Waals surface area contributed by atoms with Crippen molar-refractivity contribution in [2.24, 2.45) is 0 Å². The molecule has 1 unspecified atom stereocenters. The van der Waals surface area contributed by atoms with Gasteiger partial charge in [-0.15, -0.1) is 0 Å². The fourth-order valence-electron chi connectivity index (χ4n) is 3.85. The molecule has 0 spiro atoms. The van der Waals surface area contributed by atoms with Gasteiger partial charge in [-0.3, -0.25) is 0 Å². The third kappa shape index (κ3) is 2.79. The summed E-state index contributed by atoms with van der Waals surface area (Å²) in [5.74, 6) is 0. The van der Waals surface area contributed by atoms with E-state index in [2.05, 4.69) is 106 Å². The molecule has 26 heavy (non-hydrogen) atoms. The highest BCUT2D eigenvalue weighted by atomic mass is 16.5. The number of hydrogen-bond donors (Lipinski definition) is 0. The molecule has 1 aliphatic heterocycles. The normalized spacial score (nSPS) is 21.4. The zero-order chi connectivity index (χ0) is 18.2. The zero-order valence-corrected chi connectivity index (χ0v) is 15.6. The Morgan fingerprint density at radius 2 is 1.19 bits per heavy atom. The Kier molecular flexibility index (Phi) is 4.05. The number of benzene rings is 3. The minimum absolute atomic E-state index is 0.387. The van der Waals surface area contributed by atoms with Crippen LogP contribution in [0.4, 0.5) is 0 Å². The lowest BCUT2D eigenvalue weighted by molar-refractivity contribution is -0.0460. The molecule has 0 bridgehead atoms. The maximum atomic E-state index is 6.82. The second-order valence-corrected chi connectivity index (χ2v) is 7.50. The SMILES string of the molecule is Cc1ccc(C2(c3ccccc3)C=C(c3ccccc3)C(C)(C)O2)cc1. The van der Waals surface area contributed by atoms with Gasteiger partial charge in [-0.2, -0.15) is 0 Å². The van der Waals surface area contributed by atoms with Crippen LogP contribution in [-0.4, -0.2) is 5.60 Å². The molecule has 1 heteroatoms. The minimum atomic E-state index is -0.580. The van der Waals surface area contributed by atoms with Gasteiger partial charge in [-0.25, -0.2) is 0 Å². The van der Waals surface area contributed by atoms with E-state index in [1.807, 2.05) is 6.07 Å². The van der Waals surface area contributed by atoms with Crippen molar-refractivity contribution < 1.29 is 4.74 Å². The van der Waals surface area contributed by atoms with Crippen LogP contribution in [0.25, 0.3) is 5.57 Å². The van der Waals surface area contributed by atoms with Crippen LogP contribution in [0.3, 0.4) is 0 Å². The molecule has 1 nitrogen and oxygen atoms in total. The van der Waals surface area contributed by atoms with Crippen LogP contribution in [0.2, 0.25) is 0 Å². The topological polar surface area (TPSA) is 9.23 Å². The Hall–Kier alpha value is -2.64. The maximum absolute atomic E-state index is 6.82. The molecule has 3 aromatic rings. The van der Waals surface area contributed by atoms with Gasteiger partial charge < -0.3 is 4.74 Å². The van der Waals surface area contributed by atoms with Crippen molar-refractivity contribution in [2.45, 2.75) is 32.0 Å². The first-order valence-corrected chi connectivity index (χ1v) is 9.13. The van der Waals surface area contributed by atoms with Crippen molar-refractivity contribution in [3.8, 4) is 0 Å². The summed E-state index contributed by atoms with van der Waals surface area (Å²) in [6.07, 6.45) is 2.31. The number of rotatable bonds is 3. The van der Waals surface area contributed by atoms with Gasteiger partial charge in [-0.1, -0.05) is 90.5 Å². The first-order valence-electron chi connectivity index (χ1n) is 9.13. The van der Waals surface area contributed by atoms with Crippen LogP contribution in [-0.2, 0) is 10.3 Å². The molecule has 0 amide bonds. The Balaban J connectivity index is 1.95. The fourth-order valence-corrected chi connectivity index (χ4v) is 3.85. The van der Waals surface area contributed by atoms with Crippen molar-refractivity contribution in [1.29, 1.82) is 0 Å². The van der Waals surface area contributed by atoms with Crippen LogP contribution in [0, 0.1) is 6.92 Å². The average Bonchev–Trinajstić information content (AvgIpc) is 2.96. The summed E-state index contributed by atoms with van der Waals surface area (Å²) in [7, 11) is 0. The summed E-state index contributed by atoms with van der Waals surface area (Å²) in [5.41, 5.74) is 5.04. The van der Waals surface area contributed by atoms with E-state index in [4.69, 9.17) is 4.74 Å². The summed E-state index contributed by atoms with van der Waals surface area (Å²) in [6.45, 7) is 6.43. The Morgan fingerprint density at radius 3 is 1.81 bits per heavy atom. The summed E-state index contributed by atoms with van der Waals surface area (Å²) in [5, 5.41) is 0. The second kappa shape index (κ2) is 6.26. The minimum Gasteiger partial charge on any atom is -0.351 e. The highest BCUT2D eigenvalue weighted by Gasteiger charge is 2.47. The highest BCUT2D eigenvalue weighted by Crippen LogP contribution is 2.50. The largest absolute Gasteiger partial charge is 0.351 e. The smallest absolute Gasteiger partial charge is 0.138 e. The van der Waals surface area contributed by atoms with Crippen LogP contribution in [0.15, 0.2) is 91.0 Å². The van der Waals surface area contributed by atoms with Gasteiger partial charge >= 0.3 is 0 Å². The summed E-state index contributed by atoms with van der Waals surface area (Å²) in [6, 6.07) is 29.7. The molecular weight excluding hydrogens is 316 g/mol. The summed E-state index contributed by atoms with van der Waals surface area (Å²) in [4.78, 5) is 0. The van der Waals surface area contributed by atoms with Gasteiger partial charge in [0.25, 0.3) is 0 Å². The van der Waals surface area contributed by atoms with E-state index in [0.29, 0.717) is 0 Å². The highest BCUT2D eigenvalue weighted by molar-refractivity contribution is 5.76. The second-order valence-electron chi connectivity index (χ2n) is 7.50. The average molecular weight is 340 g/mol. The van der Waals surface area contributed by atoms with Crippen LogP contribution < -0.4 is 0 Å². The quantitative estimate of drug-likeness (QED) is 0.557. The fraction of sp³-hybridized carbons (Fsp3) is 0.200. The summed E-state index contributed by atoms with van der Waals surface area (Å²) < 4.78 is 6.82. The molecule has 1 aliphatic rings. The molecule has 0 aliphatic carbocycles. The van der Waals surface area contributed by atoms with Crippen molar-refractivity contribution in [3.63, 3.8) is 0 Å². The van der Waals surface area contributed by atoms with Gasteiger partial charge in [0.05, 0.1) is 5.60 Å². The van der Waals surface area contributed by atoms with Crippen molar-refractivity contribution in [3.05, 3.63) is 113 Å². The van der Waals surface area contributed by atoms with E-state index in [9.17, 15) is 0 Å². The number of ether oxygens (including phenoxy) is 1. The van der Waals surface area contributed by atoms with Gasteiger partial charge in [0.1, 0.15) is 5.60 Å². The molecule has 0 aromatic heterocycles. The molecule has 0 saturated carbocycles. The maximum Gasteiger partial charge on any atom is 0.138 e. The molecule has 0 saturated heterocycles. The van der Waals surface area contributed by atoms with Crippen molar-refractivity contribution >= 4 is 5.57 Å². The first kappa shape index (κ1) is 16.8. The Labute approximate surface area is 156 Å². The van der Waals surface area contributed by atoms with Crippen LogP contribution >= 0.6 is 0 Å². The van der Waals surface area contributed by atoms with Gasteiger partial charge in [0.2, 0.25) is 0 Å². The third-order valence-corrected chi connectivity index (χ3v) is 5.18. The van der Waals surface area contributed by atoms with E-state index in [1.54, 1.807) is 0 Å². The van der Waals surface area contributed by atoms with Gasteiger partial charge in [0.15, 0.2) is 0 Å². The lowest BCUT2D eigenvalue weighted by Gasteiger charge is -2.33. The molecule has 4 rings (SSSR count). The van der Waals surface area contributed by atoms with E-state index in [-0.39, 0.29) is 5.60 Å². The number of aryl methyl sites for hydroxylation is 1. The van der Waals surface area contributed by atoms with E-state index in [0.717, 1.165) is 11.1 Å². The first-order chi connectivity index (χ1) is 12.5. The van der Waals surface area contributed by atoms with Gasteiger partial charge in [0, 0.05) is 0 Å². The molecule has 1 heterocycles. The molecule has 0 radical (unpaired) electrons. The van der Waals surface area contributed by atoms with Gasteiger partial charge in [-0.05, 0) is 49.1 Å². The molecule has 1 atom stereocenters. The lowest BCUT2D eigenvalue weighted by atomic mass is 9.84. The third-order valence-electron chi connectivity index (χ3n) is 5.18. The molecule has 0 fully saturated rings. The van der Waals surface area contributed by atoms with Crippen molar-refractivity contribution in [1.82, 2.24) is 0 Å². The van der Waals surface area contributed by atoms with Crippen LogP contribution in [0.5, 0.6) is 0 Å². The zero-order valence-electron chi connectivity index (χ0n) is 15.6. The monoisotopic (exact) mass is 340 g/mol. The molecule has 130 valence electrons. The lowest BCUT2D eigenvalue weighted by Crippen LogP contribution is -2.33. The predicted molar refractivity (Wildman–Crippen MR) is 108 cm³/mol. The van der Waals surface area contributed by atoms with E-state index < -0.39 is 5.60 Å². The summed E-state index contributed by atoms with van der Waals surface area (Å²) >= 11 is 0. The molecule has 3 aromatic carbocycles. The molecular formula is C25H24O. The Bertz CT molecular complexity index is 921.